The predicted molar refractivity (Wildman–Crippen MR) is 93.7 cm³/mol. The van der Waals surface area contributed by atoms with Crippen LogP contribution in [0.4, 0.5) is 0 Å². The Labute approximate surface area is 143 Å². The number of nitrogens with one attached hydrogen (secondary N) is 1. The van der Waals surface area contributed by atoms with Crippen molar-refractivity contribution in [1.82, 2.24) is 4.98 Å². The molecule has 0 radical (unpaired) electrons. The van der Waals surface area contributed by atoms with Crippen LogP contribution in [0.5, 0.6) is 0 Å². The van der Waals surface area contributed by atoms with E-state index in [0.717, 1.165) is 32.2 Å². The Morgan fingerprint density at radius 3 is 2.30 bits per heavy atom. The fraction of sp³-hybridized carbons (Fsp3) is 0.158. The molecule has 1 heterocycles. The Kier molecular flexibility index (Phi) is 4.19. The minimum Gasteiger partial charge on any atom is -0.358 e. The van der Waals surface area contributed by atoms with Gasteiger partial charge in [-0.2, -0.15) is 10.5 Å². The van der Waals surface area contributed by atoms with Crippen molar-refractivity contribution in [2.45, 2.75) is 12.8 Å². The van der Waals surface area contributed by atoms with Crippen LogP contribution in [0.15, 0.2) is 53.0 Å². The molecule has 3 nitrogen and oxygen atoms in total. The number of para-hydroxylation sites is 1. The fourth-order valence-corrected chi connectivity index (χ4v) is 3.34. The number of aromatic amines is 1. The number of nitrogens with zero attached hydrogens (tertiary/aromatic N) is 2. The van der Waals surface area contributed by atoms with Crippen molar-refractivity contribution in [2.75, 3.05) is 0 Å². The van der Waals surface area contributed by atoms with Crippen LogP contribution in [0, 0.1) is 35.5 Å². The van der Waals surface area contributed by atoms with Crippen LogP contribution in [0.2, 0.25) is 0 Å². The van der Waals surface area contributed by atoms with Gasteiger partial charge in [0.2, 0.25) is 0 Å². The number of fused-ring (bicyclic) bond motifs is 1. The Hall–Kier alpha value is -2.56. The van der Waals surface area contributed by atoms with E-state index in [1.54, 1.807) is 0 Å². The highest BCUT2D eigenvalue weighted by atomic mass is 79.9. The number of nitriles is 2. The zero-order valence-corrected chi connectivity index (χ0v) is 14.1. The molecule has 3 rings (SSSR count). The third kappa shape index (κ3) is 2.74. The fourth-order valence-electron chi connectivity index (χ4n) is 3.07. The van der Waals surface area contributed by atoms with Gasteiger partial charge in [-0.1, -0.05) is 46.3 Å². The van der Waals surface area contributed by atoms with E-state index in [2.05, 4.69) is 33.1 Å². The van der Waals surface area contributed by atoms with Crippen LogP contribution in [-0.2, 0) is 0 Å². The summed E-state index contributed by atoms with van der Waals surface area (Å²) in [6, 6.07) is 20.1. The zero-order valence-electron chi connectivity index (χ0n) is 12.5. The highest BCUT2D eigenvalue weighted by molar-refractivity contribution is 9.10. The third-order valence-electron chi connectivity index (χ3n) is 4.10. The standard InChI is InChI=1S/C19H14BrN3/c1-12-18(16-4-2-3-5-17(16)23-12)19(14(10-21)11-22)13-6-8-15(20)9-7-13/h2-9,14,19,23H,1H3/t19-/m1/s1. The number of aryl methyl sites for hydroxylation is 1. The monoisotopic (exact) mass is 363 g/mol. The highest BCUT2D eigenvalue weighted by Gasteiger charge is 2.29. The van der Waals surface area contributed by atoms with Crippen molar-refractivity contribution in [3.05, 3.63) is 69.8 Å². The molecular formula is C19H14BrN3. The van der Waals surface area contributed by atoms with Gasteiger partial charge in [0.05, 0.1) is 12.1 Å². The molecule has 1 atom stereocenters. The third-order valence-corrected chi connectivity index (χ3v) is 4.62. The lowest BCUT2D eigenvalue weighted by molar-refractivity contribution is 0.709. The molecule has 23 heavy (non-hydrogen) atoms. The van der Waals surface area contributed by atoms with E-state index in [0.29, 0.717) is 0 Å². The summed E-state index contributed by atoms with van der Waals surface area (Å²) in [6.45, 7) is 1.99. The number of hydrogen-bond donors (Lipinski definition) is 1. The molecule has 2 aromatic carbocycles. The van der Waals surface area contributed by atoms with Crippen LogP contribution >= 0.6 is 15.9 Å². The maximum Gasteiger partial charge on any atom is 0.144 e. The first-order valence-electron chi connectivity index (χ1n) is 7.27. The Morgan fingerprint density at radius 2 is 1.65 bits per heavy atom. The summed E-state index contributed by atoms with van der Waals surface area (Å²) in [6.07, 6.45) is 0. The van der Waals surface area contributed by atoms with E-state index < -0.39 is 5.92 Å². The Morgan fingerprint density at radius 1 is 1.00 bits per heavy atom. The summed E-state index contributed by atoms with van der Waals surface area (Å²) < 4.78 is 0.973. The smallest absolute Gasteiger partial charge is 0.144 e. The SMILES string of the molecule is Cc1[nH]c2ccccc2c1[C@H](c1ccc(Br)cc1)C(C#N)C#N. The maximum atomic E-state index is 9.48. The van der Waals surface area contributed by atoms with Gasteiger partial charge in [-0.25, -0.2) is 0 Å². The summed E-state index contributed by atoms with van der Waals surface area (Å²) >= 11 is 3.43. The molecule has 0 saturated carbocycles. The first-order valence-corrected chi connectivity index (χ1v) is 8.07. The maximum absolute atomic E-state index is 9.48. The first-order chi connectivity index (χ1) is 11.2. The van der Waals surface area contributed by atoms with E-state index in [1.807, 2.05) is 55.5 Å². The number of benzene rings is 2. The lowest BCUT2D eigenvalue weighted by Gasteiger charge is -2.19. The molecule has 0 aliphatic rings. The van der Waals surface area contributed by atoms with Crippen molar-refractivity contribution < 1.29 is 0 Å². The molecule has 3 aromatic rings. The van der Waals surface area contributed by atoms with Gasteiger partial charge in [-0.05, 0) is 36.2 Å². The van der Waals surface area contributed by atoms with E-state index >= 15 is 0 Å². The quantitative estimate of drug-likeness (QED) is 0.708. The molecule has 0 aliphatic carbocycles. The lowest BCUT2D eigenvalue weighted by atomic mass is 9.81. The van der Waals surface area contributed by atoms with Crippen LogP contribution in [-0.4, -0.2) is 4.98 Å². The minimum atomic E-state index is -0.742. The van der Waals surface area contributed by atoms with Crippen molar-refractivity contribution in [3.8, 4) is 12.1 Å². The van der Waals surface area contributed by atoms with Crippen molar-refractivity contribution in [3.63, 3.8) is 0 Å². The van der Waals surface area contributed by atoms with Gasteiger partial charge in [-0.3, -0.25) is 0 Å². The molecule has 1 N–H and O–H groups in total. The summed E-state index contributed by atoms with van der Waals surface area (Å²) in [5.74, 6) is -1.02. The Bertz CT molecular complexity index is 912. The summed E-state index contributed by atoms with van der Waals surface area (Å²) in [5.41, 5.74) is 4.01. The lowest BCUT2D eigenvalue weighted by Crippen LogP contribution is -2.12. The molecule has 112 valence electrons. The van der Waals surface area contributed by atoms with E-state index in [-0.39, 0.29) is 5.92 Å². The topological polar surface area (TPSA) is 63.4 Å². The van der Waals surface area contributed by atoms with Crippen molar-refractivity contribution >= 4 is 26.8 Å². The number of H-pyrrole nitrogens is 1. The van der Waals surface area contributed by atoms with Gasteiger partial charge < -0.3 is 4.98 Å². The summed E-state index contributed by atoms with van der Waals surface area (Å²) in [7, 11) is 0. The van der Waals surface area contributed by atoms with Gasteiger partial charge in [0, 0.05) is 27.0 Å². The molecule has 0 unspecified atom stereocenters. The Balaban J connectivity index is 2.27. The number of hydrogen-bond acceptors (Lipinski definition) is 2. The normalized spacial score (nSPS) is 12.0. The highest BCUT2D eigenvalue weighted by Crippen LogP contribution is 2.38. The van der Waals surface area contributed by atoms with Gasteiger partial charge in [0.25, 0.3) is 0 Å². The average molecular weight is 364 g/mol. The summed E-state index contributed by atoms with van der Waals surface area (Å²) in [5, 5.41) is 20.0. The van der Waals surface area contributed by atoms with E-state index in [1.165, 1.54) is 0 Å². The van der Waals surface area contributed by atoms with Gasteiger partial charge in [0.15, 0.2) is 0 Å². The van der Waals surface area contributed by atoms with Gasteiger partial charge in [-0.15, -0.1) is 0 Å². The van der Waals surface area contributed by atoms with E-state index in [4.69, 9.17) is 0 Å². The molecule has 0 aliphatic heterocycles. The number of rotatable bonds is 3. The van der Waals surface area contributed by atoms with E-state index in [9.17, 15) is 10.5 Å². The van der Waals surface area contributed by atoms with Crippen molar-refractivity contribution in [2.24, 2.45) is 5.92 Å². The number of aromatic nitrogens is 1. The molecule has 0 amide bonds. The predicted octanol–water partition coefficient (Wildman–Crippen LogP) is 5.03. The number of halogens is 1. The second kappa shape index (κ2) is 6.28. The van der Waals surface area contributed by atoms with Crippen LogP contribution in [0.3, 0.4) is 0 Å². The van der Waals surface area contributed by atoms with Crippen LogP contribution < -0.4 is 0 Å². The second-order valence-corrected chi connectivity index (χ2v) is 6.39. The molecule has 4 heteroatoms. The van der Waals surface area contributed by atoms with Crippen molar-refractivity contribution in [1.29, 1.82) is 10.5 Å². The molecule has 0 fully saturated rings. The van der Waals surface area contributed by atoms with Gasteiger partial charge >= 0.3 is 0 Å². The second-order valence-electron chi connectivity index (χ2n) is 5.47. The largest absolute Gasteiger partial charge is 0.358 e. The summed E-state index contributed by atoms with van der Waals surface area (Å²) in [4.78, 5) is 3.36. The van der Waals surface area contributed by atoms with Crippen LogP contribution in [0.25, 0.3) is 10.9 Å². The molecule has 1 aromatic heterocycles. The zero-order chi connectivity index (χ0) is 16.4. The van der Waals surface area contributed by atoms with Crippen LogP contribution in [0.1, 0.15) is 22.7 Å². The first kappa shape index (κ1) is 15.3. The average Bonchev–Trinajstić information content (AvgIpc) is 2.89. The molecule has 0 bridgehead atoms. The molecular weight excluding hydrogens is 350 g/mol. The minimum absolute atomic E-state index is 0.283. The molecule has 0 saturated heterocycles. The van der Waals surface area contributed by atoms with Gasteiger partial charge in [0.1, 0.15) is 5.92 Å². The molecule has 0 spiro atoms.